The van der Waals surface area contributed by atoms with E-state index in [0.717, 1.165) is 16.9 Å². The molecule has 0 fully saturated rings. The number of hydrogen-bond acceptors (Lipinski definition) is 2. The van der Waals surface area contributed by atoms with E-state index in [4.69, 9.17) is 11.6 Å². The van der Waals surface area contributed by atoms with E-state index in [-0.39, 0.29) is 5.91 Å². The van der Waals surface area contributed by atoms with Crippen molar-refractivity contribution < 1.29 is 4.79 Å². The van der Waals surface area contributed by atoms with Crippen molar-refractivity contribution in [2.75, 3.05) is 10.6 Å². The van der Waals surface area contributed by atoms with Crippen LogP contribution in [0.15, 0.2) is 72.8 Å². The summed E-state index contributed by atoms with van der Waals surface area (Å²) in [4.78, 5) is 12.7. The van der Waals surface area contributed by atoms with Gasteiger partial charge in [0, 0.05) is 16.4 Å². The molecular weight excluding hydrogens is 320 g/mol. The van der Waals surface area contributed by atoms with Gasteiger partial charge in [0.1, 0.15) is 0 Å². The average molecular weight is 337 g/mol. The lowest BCUT2D eigenvalue weighted by Crippen LogP contribution is -2.14. The molecular formula is C20H17ClN2O. The van der Waals surface area contributed by atoms with E-state index in [2.05, 4.69) is 10.6 Å². The van der Waals surface area contributed by atoms with E-state index in [9.17, 15) is 4.79 Å². The van der Waals surface area contributed by atoms with Gasteiger partial charge in [0.2, 0.25) is 0 Å². The van der Waals surface area contributed by atoms with Crippen LogP contribution in [0, 0.1) is 6.92 Å². The molecule has 24 heavy (non-hydrogen) atoms. The number of benzene rings is 3. The van der Waals surface area contributed by atoms with E-state index >= 15 is 0 Å². The van der Waals surface area contributed by atoms with Gasteiger partial charge in [-0.15, -0.1) is 0 Å². The summed E-state index contributed by atoms with van der Waals surface area (Å²) >= 11 is 6.12. The molecule has 0 bridgehead atoms. The molecule has 4 heteroatoms. The van der Waals surface area contributed by atoms with Gasteiger partial charge in [-0.1, -0.05) is 48.0 Å². The Hall–Kier alpha value is -2.78. The maximum Gasteiger partial charge on any atom is 0.257 e. The van der Waals surface area contributed by atoms with Gasteiger partial charge in [-0.05, 0) is 48.9 Å². The predicted octanol–water partition coefficient (Wildman–Crippen LogP) is 5.64. The van der Waals surface area contributed by atoms with E-state index in [1.165, 1.54) is 0 Å². The first-order valence-electron chi connectivity index (χ1n) is 7.63. The molecule has 1 amide bonds. The van der Waals surface area contributed by atoms with Gasteiger partial charge >= 0.3 is 0 Å². The lowest BCUT2D eigenvalue weighted by Gasteiger charge is -2.13. The average Bonchev–Trinajstić information content (AvgIpc) is 2.60. The van der Waals surface area contributed by atoms with Crippen molar-refractivity contribution in [2.24, 2.45) is 0 Å². The zero-order chi connectivity index (χ0) is 16.9. The Bertz CT molecular complexity index is 863. The van der Waals surface area contributed by atoms with Crippen molar-refractivity contribution >= 4 is 34.6 Å². The zero-order valence-corrected chi connectivity index (χ0v) is 14.0. The highest BCUT2D eigenvalue weighted by Crippen LogP contribution is 2.25. The number of para-hydroxylation sites is 2. The Morgan fingerprint density at radius 2 is 1.50 bits per heavy atom. The van der Waals surface area contributed by atoms with Gasteiger partial charge in [-0.3, -0.25) is 4.79 Å². The Morgan fingerprint density at radius 1 is 0.833 bits per heavy atom. The minimum atomic E-state index is -0.181. The maximum atomic E-state index is 12.7. The third kappa shape index (κ3) is 3.58. The molecule has 0 aliphatic rings. The summed E-state index contributed by atoms with van der Waals surface area (Å²) in [5.41, 5.74) is 3.81. The monoisotopic (exact) mass is 336 g/mol. The second kappa shape index (κ2) is 7.20. The highest BCUT2D eigenvalue weighted by molar-refractivity contribution is 6.31. The summed E-state index contributed by atoms with van der Waals surface area (Å²) in [6.45, 7) is 1.88. The number of carbonyl (C=O) groups is 1. The van der Waals surface area contributed by atoms with Gasteiger partial charge in [-0.25, -0.2) is 0 Å². The third-order valence-electron chi connectivity index (χ3n) is 3.74. The number of nitrogens with one attached hydrogen (secondary N) is 2. The molecule has 0 radical (unpaired) electrons. The smallest absolute Gasteiger partial charge is 0.257 e. The van der Waals surface area contributed by atoms with Crippen molar-refractivity contribution in [3.63, 3.8) is 0 Å². The summed E-state index contributed by atoms with van der Waals surface area (Å²) < 4.78 is 0. The summed E-state index contributed by atoms with van der Waals surface area (Å²) in [5.74, 6) is -0.181. The Morgan fingerprint density at radius 3 is 2.29 bits per heavy atom. The largest absolute Gasteiger partial charge is 0.355 e. The van der Waals surface area contributed by atoms with Crippen LogP contribution in [-0.4, -0.2) is 5.91 Å². The number of carbonyl (C=O) groups excluding carboxylic acids is 1. The second-order valence-corrected chi connectivity index (χ2v) is 5.81. The minimum Gasteiger partial charge on any atom is -0.355 e. The van der Waals surface area contributed by atoms with Crippen molar-refractivity contribution in [2.45, 2.75) is 6.92 Å². The van der Waals surface area contributed by atoms with E-state index in [0.29, 0.717) is 16.3 Å². The zero-order valence-electron chi connectivity index (χ0n) is 13.2. The second-order valence-electron chi connectivity index (χ2n) is 5.40. The Kier molecular flexibility index (Phi) is 4.82. The molecule has 3 aromatic carbocycles. The van der Waals surface area contributed by atoms with Crippen LogP contribution in [0.1, 0.15) is 15.9 Å². The number of amides is 1. The first-order valence-corrected chi connectivity index (χ1v) is 8.00. The predicted molar refractivity (Wildman–Crippen MR) is 100 cm³/mol. The number of anilines is 3. The van der Waals surface area contributed by atoms with Crippen LogP contribution in [0.2, 0.25) is 5.02 Å². The SMILES string of the molecule is Cc1c(Cl)cccc1NC(=O)c1ccccc1Nc1ccccc1. The van der Waals surface area contributed by atoms with Crippen LogP contribution in [0.25, 0.3) is 0 Å². The fourth-order valence-corrected chi connectivity index (χ4v) is 2.57. The molecule has 0 aliphatic heterocycles. The van der Waals surface area contributed by atoms with Crippen molar-refractivity contribution in [1.82, 2.24) is 0 Å². The molecule has 0 saturated heterocycles. The van der Waals surface area contributed by atoms with Crippen LogP contribution in [0.3, 0.4) is 0 Å². The van der Waals surface area contributed by atoms with Gasteiger partial charge in [0.05, 0.1) is 11.3 Å². The lowest BCUT2D eigenvalue weighted by molar-refractivity contribution is 0.102. The molecule has 3 aromatic rings. The standard InChI is InChI=1S/C20H17ClN2O/c1-14-17(21)11-7-13-18(14)23-20(24)16-10-5-6-12-19(16)22-15-8-3-2-4-9-15/h2-13,22H,1H3,(H,23,24). The highest BCUT2D eigenvalue weighted by atomic mass is 35.5. The maximum absolute atomic E-state index is 12.7. The topological polar surface area (TPSA) is 41.1 Å². The van der Waals surface area contributed by atoms with Gasteiger partial charge in [0.25, 0.3) is 5.91 Å². The van der Waals surface area contributed by atoms with Gasteiger partial charge in [-0.2, -0.15) is 0 Å². The molecule has 0 unspecified atom stereocenters. The molecule has 2 N–H and O–H groups in total. The molecule has 0 heterocycles. The molecule has 0 aliphatic carbocycles. The Balaban J connectivity index is 1.86. The van der Waals surface area contributed by atoms with Crippen LogP contribution in [-0.2, 0) is 0 Å². The first kappa shape index (κ1) is 16.1. The Labute approximate surface area is 146 Å². The summed E-state index contributed by atoms with van der Waals surface area (Å²) in [6.07, 6.45) is 0. The molecule has 0 aromatic heterocycles. The highest BCUT2D eigenvalue weighted by Gasteiger charge is 2.13. The summed E-state index contributed by atoms with van der Waals surface area (Å²) in [7, 11) is 0. The summed E-state index contributed by atoms with van der Waals surface area (Å²) in [5, 5.41) is 6.84. The quantitative estimate of drug-likeness (QED) is 0.647. The van der Waals surface area contributed by atoms with Gasteiger partial charge in [0.15, 0.2) is 0 Å². The molecule has 120 valence electrons. The van der Waals surface area contributed by atoms with E-state index in [1.54, 1.807) is 12.1 Å². The van der Waals surface area contributed by atoms with Crippen LogP contribution < -0.4 is 10.6 Å². The van der Waals surface area contributed by atoms with Crippen molar-refractivity contribution in [3.8, 4) is 0 Å². The summed E-state index contributed by atoms with van der Waals surface area (Å²) in [6, 6.07) is 22.6. The van der Waals surface area contributed by atoms with Crippen LogP contribution in [0.4, 0.5) is 17.1 Å². The first-order chi connectivity index (χ1) is 11.6. The van der Waals surface area contributed by atoms with E-state index in [1.807, 2.05) is 67.6 Å². The fourth-order valence-electron chi connectivity index (χ4n) is 2.40. The van der Waals surface area contributed by atoms with Crippen molar-refractivity contribution in [1.29, 1.82) is 0 Å². The molecule has 0 saturated carbocycles. The normalized spacial score (nSPS) is 10.2. The molecule has 3 rings (SSSR count). The van der Waals surface area contributed by atoms with E-state index < -0.39 is 0 Å². The number of hydrogen-bond donors (Lipinski definition) is 2. The van der Waals surface area contributed by atoms with Crippen LogP contribution in [0.5, 0.6) is 0 Å². The fraction of sp³-hybridized carbons (Fsp3) is 0.0500. The lowest BCUT2D eigenvalue weighted by atomic mass is 10.1. The minimum absolute atomic E-state index is 0.181. The van der Waals surface area contributed by atoms with Gasteiger partial charge < -0.3 is 10.6 Å². The molecule has 3 nitrogen and oxygen atoms in total. The van der Waals surface area contributed by atoms with Crippen molar-refractivity contribution in [3.05, 3.63) is 88.9 Å². The third-order valence-corrected chi connectivity index (χ3v) is 4.15. The van der Waals surface area contributed by atoms with Crippen LogP contribution >= 0.6 is 11.6 Å². The molecule has 0 atom stereocenters. The number of rotatable bonds is 4. The number of halogens is 1. The molecule has 0 spiro atoms.